The molecule has 0 saturated heterocycles. The van der Waals surface area contributed by atoms with Gasteiger partial charge in [-0.15, -0.1) is 0 Å². The van der Waals surface area contributed by atoms with Crippen LogP contribution in [0.5, 0.6) is 5.75 Å². The Bertz CT molecular complexity index is 800. The Labute approximate surface area is 132 Å². The summed E-state index contributed by atoms with van der Waals surface area (Å²) in [5.41, 5.74) is 7.01. The molecule has 0 aliphatic carbocycles. The highest BCUT2D eigenvalue weighted by atomic mass is 35.5. The molecule has 0 radical (unpaired) electrons. The van der Waals surface area contributed by atoms with E-state index in [2.05, 4.69) is 4.98 Å². The third-order valence-corrected chi connectivity index (χ3v) is 3.84. The van der Waals surface area contributed by atoms with Crippen LogP contribution in [-0.4, -0.2) is 4.98 Å². The van der Waals surface area contributed by atoms with Crippen molar-refractivity contribution < 1.29 is 4.74 Å². The van der Waals surface area contributed by atoms with E-state index in [1.165, 1.54) is 0 Å². The lowest BCUT2D eigenvalue weighted by atomic mass is 10.1. The Morgan fingerprint density at radius 1 is 1.14 bits per heavy atom. The van der Waals surface area contributed by atoms with E-state index in [-0.39, 0.29) is 0 Å². The largest absolute Gasteiger partial charge is 0.488 e. The molecular formula is C16H12Cl2N2O. The SMILES string of the molecule is Nc1cc(Cl)cc(COc2cccc3cnccc23)c1Cl. The summed E-state index contributed by atoms with van der Waals surface area (Å²) >= 11 is 12.2. The van der Waals surface area contributed by atoms with Crippen LogP contribution < -0.4 is 10.5 Å². The number of fused-ring (bicyclic) bond motifs is 1. The van der Waals surface area contributed by atoms with Gasteiger partial charge in [-0.2, -0.15) is 0 Å². The van der Waals surface area contributed by atoms with Gasteiger partial charge in [0.2, 0.25) is 0 Å². The molecule has 0 unspecified atom stereocenters. The Hall–Kier alpha value is -1.97. The van der Waals surface area contributed by atoms with Crippen LogP contribution in [0.15, 0.2) is 48.8 Å². The number of benzene rings is 2. The summed E-state index contributed by atoms with van der Waals surface area (Å²) in [7, 11) is 0. The number of pyridine rings is 1. The monoisotopic (exact) mass is 318 g/mol. The summed E-state index contributed by atoms with van der Waals surface area (Å²) in [6, 6.07) is 11.1. The summed E-state index contributed by atoms with van der Waals surface area (Å²) < 4.78 is 5.87. The molecule has 21 heavy (non-hydrogen) atoms. The number of hydrogen-bond donors (Lipinski definition) is 1. The van der Waals surface area contributed by atoms with Gasteiger partial charge >= 0.3 is 0 Å². The standard InChI is InChI=1S/C16H12Cl2N2O/c17-12-6-11(16(18)14(19)7-12)9-21-15-3-1-2-10-8-20-5-4-13(10)15/h1-8H,9,19H2. The van der Waals surface area contributed by atoms with Crippen molar-refractivity contribution in [2.45, 2.75) is 6.61 Å². The number of anilines is 1. The maximum Gasteiger partial charge on any atom is 0.127 e. The first-order valence-corrected chi connectivity index (χ1v) is 7.09. The molecule has 3 rings (SSSR count). The zero-order valence-electron chi connectivity index (χ0n) is 11.0. The Kier molecular flexibility index (Phi) is 3.86. The fourth-order valence-corrected chi connectivity index (χ4v) is 2.56. The summed E-state index contributed by atoms with van der Waals surface area (Å²) in [4.78, 5) is 4.10. The van der Waals surface area contributed by atoms with Crippen LogP contribution in [0.25, 0.3) is 10.8 Å². The smallest absolute Gasteiger partial charge is 0.127 e. The van der Waals surface area contributed by atoms with E-state index >= 15 is 0 Å². The van der Waals surface area contributed by atoms with E-state index in [1.807, 2.05) is 24.3 Å². The average Bonchev–Trinajstić information content (AvgIpc) is 2.49. The van der Waals surface area contributed by atoms with Gasteiger partial charge in [0, 0.05) is 33.8 Å². The highest BCUT2D eigenvalue weighted by Crippen LogP contribution is 2.30. The molecule has 0 spiro atoms. The second-order valence-corrected chi connectivity index (χ2v) is 5.42. The van der Waals surface area contributed by atoms with Crippen LogP contribution >= 0.6 is 23.2 Å². The van der Waals surface area contributed by atoms with Gasteiger partial charge in [0.25, 0.3) is 0 Å². The second-order valence-electron chi connectivity index (χ2n) is 4.61. The molecule has 3 nitrogen and oxygen atoms in total. The molecule has 2 N–H and O–H groups in total. The minimum absolute atomic E-state index is 0.297. The number of rotatable bonds is 3. The fraction of sp³-hybridized carbons (Fsp3) is 0.0625. The molecule has 0 saturated carbocycles. The predicted octanol–water partition coefficient (Wildman–Crippen LogP) is 4.70. The van der Waals surface area contributed by atoms with Gasteiger partial charge in [0.05, 0.1) is 10.7 Å². The maximum atomic E-state index is 6.18. The summed E-state index contributed by atoms with van der Waals surface area (Å²) in [6.07, 6.45) is 3.53. The topological polar surface area (TPSA) is 48.1 Å². The number of nitrogen functional groups attached to an aromatic ring is 1. The minimum Gasteiger partial charge on any atom is -0.488 e. The van der Waals surface area contributed by atoms with Crippen LogP contribution in [0.4, 0.5) is 5.69 Å². The number of halogens is 2. The van der Waals surface area contributed by atoms with Crippen molar-refractivity contribution in [2.75, 3.05) is 5.73 Å². The molecule has 0 amide bonds. The van der Waals surface area contributed by atoms with Crippen molar-refractivity contribution in [2.24, 2.45) is 0 Å². The maximum absolute atomic E-state index is 6.18. The van der Waals surface area contributed by atoms with Gasteiger partial charge in [0.15, 0.2) is 0 Å². The van der Waals surface area contributed by atoms with E-state index in [0.717, 1.165) is 22.1 Å². The van der Waals surface area contributed by atoms with Crippen molar-refractivity contribution in [1.82, 2.24) is 4.98 Å². The normalized spacial score (nSPS) is 10.8. The van der Waals surface area contributed by atoms with Gasteiger partial charge in [-0.25, -0.2) is 0 Å². The number of aromatic nitrogens is 1. The van der Waals surface area contributed by atoms with Gasteiger partial charge in [0.1, 0.15) is 12.4 Å². The molecular weight excluding hydrogens is 307 g/mol. The van der Waals surface area contributed by atoms with Crippen molar-refractivity contribution >= 4 is 39.7 Å². The lowest BCUT2D eigenvalue weighted by Gasteiger charge is -2.11. The number of nitrogens with two attached hydrogens (primary N) is 1. The van der Waals surface area contributed by atoms with E-state index in [0.29, 0.717) is 22.3 Å². The van der Waals surface area contributed by atoms with Crippen LogP contribution in [0, 0.1) is 0 Å². The predicted molar refractivity (Wildman–Crippen MR) is 86.9 cm³/mol. The third-order valence-electron chi connectivity index (χ3n) is 3.16. The summed E-state index contributed by atoms with van der Waals surface area (Å²) in [6.45, 7) is 0.297. The van der Waals surface area contributed by atoms with Crippen LogP contribution in [0.1, 0.15) is 5.56 Å². The first-order chi connectivity index (χ1) is 10.1. The highest BCUT2D eigenvalue weighted by molar-refractivity contribution is 6.35. The quantitative estimate of drug-likeness (QED) is 0.712. The molecule has 0 aliphatic rings. The highest BCUT2D eigenvalue weighted by Gasteiger charge is 2.08. The van der Waals surface area contributed by atoms with Crippen molar-refractivity contribution in [3.8, 4) is 5.75 Å². The molecule has 5 heteroatoms. The average molecular weight is 319 g/mol. The molecule has 0 aliphatic heterocycles. The molecule has 1 heterocycles. The Balaban J connectivity index is 1.91. The van der Waals surface area contributed by atoms with Gasteiger partial charge in [-0.1, -0.05) is 35.3 Å². The van der Waals surface area contributed by atoms with E-state index in [4.69, 9.17) is 33.7 Å². The fourth-order valence-electron chi connectivity index (χ4n) is 2.15. The lowest BCUT2D eigenvalue weighted by molar-refractivity contribution is 0.310. The van der Waals surface area contributed by atoms with Crippen LogP contribution in [0.2, 0.25) is 10.0 Å². The molecule has 2 aromatic carbocycles. The first kappa shape index (κ1) is 14.0. The zero-order chi connectivity index (χ0) is 14.8. The first-order valence-electron chi connectivity index (χ1n) is 6.34. The number of hydrogen-bond acceptors (Lipinski definition) is 3. The van der Waals surface area contributed by atoms with Gasteiger partial charge in [-0.3, -0.25) is 4.98 Å². The Morgan fingerprint density at radius 3 is 2.86 bits per heavy atom. The van der Waals surface area contributed by atoms with Gasteiger partial charge < -0.3 is 10.5 Å². The molecule has 3 aromatic rings. The van der Waals surface area contributed by atoms with Crippen LogP contribution in [-0.2, 0) is 6.61 Å². The van der Waals surface area contributed by atoms with E-state index in [9.17, 15) is 0 Å². The third kappa shape index (κ3) is 2.89. The molecule has 0 atom stereocenters. The van der Waals surface area contributed by atoms with Crippen LogP contribution in [0.3, 0.4) is 0 Å². The minimum atomic E-state index is 0.297. The van der Waals surface area contributed by atoms with Crippen molar-refractivity contribution in [1.29, 1.82) is 0 Å². The summed E-state index contributed by atoms with van der Waals surface area (Å²) in [5, 5.41) is 3.03. The molecule has 1 aromatic heterocycles. The van der Waals surface area contributed by atoms with E-state index in [1.54, 1.807) is 24.5 Å². The van der Waals surface area contributed by atoms with Crippen molar-refractivity contribution in [3.05, 3.63) is 64.4 Å². The molecule has 0 bridgehead atoms. The molecule has 106 valence electrons. The van der Waals surface area contributed by atoms with Gasteiger partial charge in [-0.05, 0) is 24.3 Å². The number of ether oxygens (including phenoxy) is 1. The van der Waals surface area contributed by atoms with Crippen molar-refractivity contribution in [3.63, 3.8) is 0 Å². The van der Waals surface area contributed by atoms with E-state index < -0.39 is 0 Å². The number of nitrogens with zero attached hydrogens (tertiary/aromatic N) is 1. The Morgan fingerprint density at radius 2 is 2.00 bits per heavy atom. The summed E-state index contributed by atoms with van der Waals surface area (Å²) in [5.74, 6) is 0.768. The molecule has 0 fully saturated rings. The zero-order valence-corrected chi connectivity index (χ0v) is 12.5. The second kappa shape index (κ2) is 5.80. The lowest BCUT2D eigenvalue weighted by Crippen LogP contribution is -1.99.